The first-order chi connectivity index (χ1) is 4.79. The lowest BCUT2D eigenvalue weighted by Crippen LogP contribution is -1.60. The lowest BCUT2D eigenvalue weighted by atomic mass is 10.4. The molecule has 1 aromatic carbocycles. The van der Waals surface area contributed by atoms with Gasteiger partial charge in [-0.1, -0.05) is 23.2 Å². The first-order valence-electron chi connectivity index (χ1n) is 2.53. The van der Waals surface area contributed by atoms with Crippen LogP contribution >= 0.6 is 23.2 Å². The topological polar surface area (TPSA) is 0 Å². The Labute approximate surface area is 70.8 Å². The van der Waals surface area contributed by atoms with Gasteiger partial charge in [0.15, 0.2) is 0 Å². The fourth-order valence-corrected chi connectivity index (χ4v) is 0.682. The number of terminal acetylenes is 1. The third-order valence-corrected chi connectivity index (χ3v) is 1.31. The molecule has 52 valence electrons. The van der Waals surface area contributed by atoms with E-state index in [4.69, 9.17) is 23.2 Å². The summed E-state index contributed by atoms with van der Waals surface area (Å²) in [6.07, 6.45) is 8.00. The van der Waals surface area contributed by atoms with E-state index in [9.17, 15) is 0 Å². The molecule has 0 aliphatic heterocycles. The number of rotatable bonds is 0. The number of halogens is 2. The van der Waals surface area contributed by atoms with Crippen LogP contribution in [-0.2, 0) is 0 Å². The van der Waals surface area contributed by atoms with Gasteiger partial charge in [-0.25, -0.2) is 0 Å². The number of hydrogen-bond acceptors (Lipinski definition) is 0. The molecule has 0 heterocycles. The van der Waals surface area contributed by atoms with Gasteiger partial charge in [-0.3, -0.25) is 0 Å². The summed E-state index contributed by atoms with van der Waals surface area (Å²) in [4.78, 5) is 0. The molecule has 0 nitrogen and oxygen atoms in total. The Balaban J connectivity index is 0.000000371. The Kier molecular flexibility index (Phi) is 4.84. The van der Waals surface area contributed by atoms with Crippen molar-refractivity contribution in [2.75, 3.05) is 0 Å². The van der Waals surface area contributed by atoms with Gasteiger partial charge in [-0.05, 0) is 24.3 Å². The van der Waals surface area contributed by atoms with Gasteiger partial charge in [0.2, 0.25) is 0 Å². The Morgan fingerprint density at radius 3 is 1.20 bits per heavy atom. The molecule has 0 spiro atoms. The molecule has 0 radical (unpaired) electrons. The van der Waals surface area contributed by atoms with Crippen molar-refractivity contribution in [3.05, 3.63) is 34.3 Å². The highest BCUT2D eigenvalue weighted by Gasteiger charge is 1.83. The van der Waals surface area contributed by atoms with Gasteiger partial charge >= 0.3 is 0 Å². The van der Waals surface area contributed by atoms with Crippen LogP contribution in [0.25, 0.3) is 0 Å². The molecular weight excluding hydrogens is 167 g/mol. The van der Waals surface area contributed by atoms with E-state index in [0.29, 0.717) is 0 Å². The minimum atomic E-state index is 0.717. The summed E-state index contributed by atoms with van der Waals surface area (Å²) in [6.45, 7) is 0. The maximum Gasteiger partial charge on any atom is 0.0407 e. The standard InChI is InChI=1S/C6H4Cl2.C2H2/c7-5-1-2-6(8)4-3-5;1-2/h1-4H;1-2H. The summed E-state index contributed by atoms with van der Waals surface area (Å²) < 4.78 is 0. The third kappa shape index (κ3) is 3.40. The second kappa shape index (κ2) is 5.17. The molecule has 0 saturated carbocycles. The van der Waals surface area contributed by atoms with Crippen molar-refractivity contribution < 1.29 is 0 Å². The molecule has 0 saturated heterocycles. The molecule has 0 amide bonds. The van der Waals surface area contributed by atoms with E-state index in [-0.39, 0.29) is 0 Å². The fraction of sp³-hybridized carbons (Fsp3) is 0. The van der Waals surface area contributed by atoms with Crippen LogP contribution in [0.2, 0.25) is 10.0 Å². The summed E-state index contributed by atoms with van der Waals surface area (Å²) >= 11 is 11.1. The molecule has 10 heavy (non-hydrogen) atoms. The molecular formula is C8H6Cl2. The average molecular weight is 173 g/mol. The molecule has 0 aliphatic carbocycles. The van der Waals surface area contributed by atoms with E-state index < -0.39 is 0 Å². The first-order valence-corrected chi connectivity index (χ1v) is 3.29. The molecule has 1 aromatic rings. The van der Waals surface area contributed by atoms with E-state index >= 15 is 0 Å². The predicted molar refractivity (Wildman–Crippen MR) is 46.4 cm³/mol. The zero-order valence-corrected chi connectivity index (χ0v) is 6.73. The quantitative estimate of drug-likeness (QED) is 0.528. The molecule has 0 N–H and O–H groups in total. The second-order valence-electron chi connectivity index (χ2n) is 1.44. The lowest BCUT2D eigenvalue weighted by Gasteiger charge is -1.86. The molecule has 2 heteroatoms. The van der Waals surface area contributed by atoms with E-state index in [1.807, 2.05) is 0 Å². The van der Waals surface area contributed by atoms with Gasteiger partial charge in [0.25, 0.3) is 0 Å². The van der Waals surface area contributed by atoms with E-state index in [1.165, 1.54) is 0 Å². The summed E-state index contributed by atoms with van der Waals surface area (Å²) in [6, 6.07) is 7.02. The van der Waals surface area contributed by atoms with Crippen molar-refractivity contribution in [1.29, 1.82) is 0 Å². The Hall–Kier alpha value is -0.640. The first kappa shape index (κ1) is 9.36. The fourth-order valence-electron chi connectivity index (χ4n) is 0.430. The van der Waals surface area contributed by atoms with Crippen molar-refractivity contribution in [2.45, 2.75) is 0 Å². The van der Waals surface area contributed by atoms with Crippen LogP contribution in [0.5, 0.6) is 0 Å². The zero-order chi connectivity index (χ0) is 7.98. The summed E-state index contributed by atoms with van der Waals surface area (Å²) in [5, 5.41) is 1.43. The van der Waals surface area contributed by atoms with Crippen LogP contribution < -0.4 is 0 Å². The normalized spacial score (nSPS) is 7.60. The van der Waals surface area contributed by atoms with E-state index in [1.54, 1.807) is 24.3 Å². The third-order valence-electron chi connectivity index (χ3n) is 0.804. The molecule has 0 bridgehead atoms. The van der Waals surface area contributed by atoms with Gasteiger partial charge in [0, 0.05) is 10.0 Å². The maximum atomic E-state index is 5.55. The van der Waals surface area contributed by atoms with E-state index in [0.717, 1.165) is 10.0 Å². The van der Waals surface area contributed by atoms with Crippen molar-refractivity contribution in [3.63, 3.8) is 0 Å². The van der Waals surface area contributed by atoms with Crippen LogP contribution in [0.3, 0.4) is 0 Å². The number of benzene rings is 1. The van der Waals surface area contributed by atoms with Crippen LogP contribution in [0.4, 0.5) is 0 Å². The van der Waals surface area contributed by atoms with Crippen LogP contribution in [0.15, 0.2) is 24.3 Å². The van der Waals surface area contributed by atoms with Crippen molar-refractivity contribution in [1.82, 2.24) is 0 Å². The Morgan fingerprint density at radius 2 is 1.00 bits per heavy atom. The van der Waals surface area contributed by atoms with Gasteiger partial charge in [0.05, 0.1) is 0 Å². The molecule has 0 aliphatic rings. The largest absolute Gasteiger partial charge is 0.124 e. The minimum absolute atomic E-state index is 0.717. The highest BCUT2D eigenvalue weighted by atomic mass is 35.5. The van der Waals surface area contributed by atoms with Gasteiger partial charge in [-0.15, -0.1) is 12.8 Å². The van der Waals surface area contributed by atoms with Crippen molar-refractivity contribution in [3.8, 4) is 12.8 Å². The van der Waals surface area contributed by atoms with Crippen LogP contribution in [0, 0.1) is 12.8 Å². The van der Waals surface area contributed by atoms with Gasteiger partial charge in [0.1, 0.15) is 0 Å². The lowest BCUT2D eigenvalue weighted by molar-refractivity contribution is 1.71. The van der Waals surface area contributed by atoms with E-state index in [2.05, 4.69) is 12.8 Å². The average Bonchev–Trinajstić information content (AvgIpc) is 2.00. The summed E-state index contributed by atoms with van der Waals surface area (Å²) in [5.74, 6) is 0. The smallest absolute Gasteiger partial charge is 0.0407 e. The zero-order valence-electron chi connectivity index (χ0n) is 5.22. The molecule has 0 unspecified atom stereocenters. The molecule has 0 atom stereocenters. The summed E-state index contributed by atoms with van der Waals surface area (Å²) in [5.41, 5.74) is 0. The monoisotopic (exact) mass is 172 g/mol. The highest BCUT2D eigenvalue weighted by molar-refractivity contribution is 6.32. The highest BCUT2D eigenvalue weighted by Crippen LogP contribution is 2.12. The number of hydrogen-bond donors (Lipinski definition) is 0. The molecule has 0 fully saturated rings. The minimum Gasteiger partial charge on any atom is -0.124 e. The SMILES string of the molecule is C#C.Clc1ccc(Cl)cc1. The maximum absolute atomic E-state index is 5.55. The van der Waals surface area contributed by atoms with Gasteiger partial charge in [-0.2, -0.15) is 0 Å². The predicted octanol–water partition coefficient (Wildman–Crippen LogP) is 3.24. The van der Waals surface area contributed by atoms with Crippen molar-refractivity contribution >= 4 is 23.2 Å². The van der Waals surface area contributed by atoms with Crippen LogP contribution in [0.1, 0.15) is 0 Å². The molecule has 1 rings (SSSR count). The molecule has 0 aromatic heterocycles. The Bertz CT molecular complexity index is 177. The second-order valence-corrected chi connectivity index (χ2v) is 2.31. The summed E-state index contributed by atoms with van der Waals surface area (Å²) in [7, 11) is 0. The Morgan fingerprint density at radius 1 is 0.800 bits per heavy atom. The van der Waals surface area contributed by atoms with Crippen LogP contribution in [-0.4, -0.2) is 0 Å². The van der Waals surface area contributed by atoms with Gasteiger partial charge < -0.3 is 0 Å². The van der Waals surface area contributed by atoms with Crippen molar-refractivity contribution in [2.24, 2.45) is 0 Å².